The second-order valence-corrected chi connectivity index (χ2v) is 5.60. The van der Waals surface area contributed by atoms with Crippen molar-refractivity contribution in [1.82, 2.24) is 15.0 Å². The van der Waals surface area contributed by atoms with E-state index < -0.39 is 5.91 Å². The summed E-state index contributed by atoms with van der Waals surface area (Å²) in [5.41, 5.74) is 7.83. The SMILES string of the molecule is N#Cc1ccc(NCCNc2nccc(-c3ccc(C(N)=O)cc3)n2)nc1. The van der Waals surface area contributed by atoms with Crippen molar-refractivity contribution in [2.24, 2.45) is 5.73 Å². The van der Waals surface area contributed by atoms with Gasteiger partial charge in [0.2, 0.25) is 11.9 Å². The van der Waals surface area contributed by atoms with Crippen molar-refractivity contribution in [1.29, 1.82) is 5.26 Å². The Bertz CT molecular complexity index is 963. The zero-order chi connectivity index (χ0) is 19.1. The summed E-state index contributed by atoms with van der Waals surface area (Å²) < 4.78 is 0. The van der Waals surface area contributed by atoms with Crippen molar-refractivity contribution in [3.05, 3.63) is 66.0 Å². The number of benzene rings is 1. The summed E-state index contributed by atoms with van der Waals surface area (Å²) >= 11 is 0. The predicted molar refractivity (Wildman–Crippen MR) is 102 cm³/mol. The first-order chi connectivity index (χ1) is 13.2. The molecule has 3 aromatic rings. The molecule has 0 spiro atoms. The maximum Gasteiger partial charge on any atom is 0.248 e. The molecule has 0 unspecified atom stereocenters. The van der Waals surface area contributed by atoms with Crippen molar-refractivity contribution in [3.63, 3.8) is 0 Å². The first-order valence-electron chi connectivity index (χ1n) is 8.23. The summed E-state index contributed by atoms with van der Waals surface area (Å²) in [5.74, 6) is 0.733. The number of nitrogens with zero attached hydrogens (tertiary/aromatic N) is 4. The Kier molecular flexibility index (Phi) is 5.54. The van der Waals surface area contributed by atoms with E-state index in [1.807, 2.05) is 6.07 Å². The lowest BCUT2D eigenvalue weighted by Crippen LogP contribution is -2.15. The average Bonchev–Trinajstić information content (AvgIpc) is 2.72. The average molecular weight is 359 g/mol. The number of primary amides is 1. The van der Waals surface area contributed by atoms with Gasteiger partial charge >= 0.3 is 0 Å². The van der Waals surface area contributed by atoms with Gasteiger partial charge in [-0.3, -0.25) is 4.79 Å². The second-order valence-electron chi connectivity index (χ2n) is 5.60. The number of nitrogens with one attached hydrogen (secondary N) is 2. The highest BCUT2D eigenvalue weighted by Gasteiger charge is 2.04. The Morgan fingerprint density at radius 1 is 1.04 bits per heavy atom. The van der Waals surface area contributed by atoms with E-state index in [9.17, 15) is 4.79 Å². The van der Waals surface area contributed by atoms with Gasteiger partial charge in [-0.25, -0.2) is 15.0 Å². The first kappa shape index (κ1) is 17.8. The molecule has 1 aromatic carbocycles. The normalized spacial score (nSPS) is 10.0. The van der Waals surface area contributed by atoms with Crippen LogP contribution in [0, 0.1) is 11.3 Å². The minimum Gasteiger partial charge on any atom is -0.368 e. The summed E-state index contributed by atoms with van der Waals surface area (Å²) in [6.45, 7) is 1.20. The molecule has 0 bridgehead atoms. The van der Waals surface area contributed by atoms with Crippen molar-refractivity contribution in [3.8, 4) is 17.3 Å². The fourth-order valence-electron chi connectivity index (χ4n) is 2.34. The molecule has 0 aliphatic carbocycles. The molecule has 134 valence electrons. The summed E-state index contributed by atoms with van der Waals surface area (Å²) in [6.07, 6.45) is 3.19. The van der Waals surface area contributed by atoms with Crippen molar-refractivity contribution in [2.45, 2.75) is 0 Å². The first-order valence-corrected chi connectivity index (χ1v) is 8.23. The maximum atomic E-state index is 11.1. The maximum absolute atomic E-state index is 11.1. The predicted octanol–water partition coefficient (Wildman–Crippen LogP) is 2.03. The van der Waals surface area contributed by atoms with Gasteiger partial charge in [-0.05, 0) is 30.3 Å². The minimum absolute atomic E-state index is 0.452. The van der Waals surface area contributed by atoms with Crippen LogP contribution >= 0.6 is 0 Å². The van der Waals surface area contributed by atoms with E-state index in [2.05, 4.69) is 25.6 Å². The third kappa shape index (κ3) is 4.76. The van der Waals surface area contributed by atoms with E-state index >= 15 is 0 Å². The van der Waals surface area contributed by atoms with Gasteiger partial charge in [-0.1, -0.05) is 12.1 Å². The van der Waals surface area contributed by atoms with Crippen LogP contribution in [0.2, 0.25) is 0 Å². The molecule has 3 rings (SSSR count). The van der Waals surface area contributed by atoms with E-state index in [4.69, 9.17) is 11.0 Å². The van der Waals surface area contributed by atoms with Crippen LogP contribution in [0.3, 0.4) is 0 Å². The molecule has 8 nitrogen and oxygen atoms in total. The van der Waals surface area contributed by atoms with Crippen LogP contribution in [-0.2, 0) is 0 Å². The Labute approximate surface area is 156 Å². The standard InChI is InChI=1S/C19H17N7O/c20-11-13-1-6-17(25-12-13)22-9-10-24-19-23-8-7-16(26-19)14-2-4-15(5-3-14)18(21)27/h1-8,12H,9-10H2,(H2,21,27)(H,22,25)(H,23,24,26). The van der Waals surface area contributed by atoms with Gasteiger partial charge in [-0.15, -0.1) is 0 Å². The number of nitrogens with two attached hydrogens (primary N) is 1. The lowest BCUT2D eigenvalue weighted by molar-refractivity contribution is 0.100. The highest BCUT2D eigenvalue weighted by molar-refractivity contribution is 5.93. The quantitative estimate of drug-likeness (QED) is 0.550. The minimum atomic E-state index is -0.462. The van der Waals surface area contributed by atoms with Gasteiger partial charge in [0, 0.05) is 36.6 Å². The Hall–Kier alpha value is -3.99. The van der Waals surface area contributed by atoms with Gasteiger partial charge in [-0.2, -0.15) is 5.26 Å². The molecule has 0 fully saturated rings. The van der Waals surface area contributed by atoms with Gasteiger partial charge in [0.15, 0.2) is 0 Å². The van der Waals surface area contributed by atoms with Gasteiger partial charge in [0.05, 0.1) is 11.3 Å². The van der Waals surface area contributed by atoms with E-state index in [0.717, 1.165) is 11.3 Å². The summed E-state index contributed by atoms with van der Waals surface area (Å²) in [7, 11) is 0. The molecule has 0 atom stereocenters. The zero-order valence-electron chi connectivity index (χ0n) is 14.4. The lowest BCUT2D eigenvalue weighted by atomic mass is 10.1. The molecule has 2 heterocycles. The molecule has 4 N–H and O–H groups in total. The summed E-state index contributed by atoms with van der Waals surface area (Å²) in [4.78, 5) is 24.0. The molecule has 0 radical (unpaired) electrons. The van der Waals surface area contributed by atoms with E-state index in [1.54, 1.807) is 48.7 Å². The van der Waals surface area contributed by atoms with Gasteiger partial charge in [0.1, 0.15) is 11.9 Å². The van der Waals surface area contributed by atoms with Crippen molar-refractivity contribution in [2.75, 3.05) is 23.7 Å². The Morgan fingerprint density at radius 2 is 1.81 bits per heavy atom. The number of pyridine rings is 1. The molecule has 0 aliphatic rings. The second kappa shape index (κ2) is 8.40. The number of aromatic nitrogens is 3. The van der Waals surface area contributed by atoms with Crippen LogP contribution < -0.4 is 16.4 Å². The van der Waals surface area contributed by atoms with Crippen LogP contribution in [-0.4, -0.2) is 33.9 Å². The third-order valence-corrected chi connectivity index (χ3v) is 3.73. The fourth-order valence-corrected chi connectivity index (χ4v) is 2.34. The summed E-state index contributed by atoms with van der Waals surface area (Å²) in [6, 6.07) is 14.2. The number of hydrogen-bond donors (Lipinski definition) is 3. The highest BCUT2D eigenvalue weighted by atomic mass is 16.1. The molecule has 8 heteroatoms. The number of carbonyl (C=O) groups is 1. The lowest BCUT2D eigenvalue weighted by Gasteiger charge is -2.08. The van der Waals surface area contributed by atoms with Crippen LogP contribution in [0.25, 0.3) is 11.3 Å². The Balaban J connectivity index is 1.55. The smallest absolute Gasteiger partial charge is 0.248 e. The molecular formula is C19H17N7O. The van der Waals surface area contributed by atoms with Crippen molar-refractivity contribution >= 4 is 17.7 Å². The van der Waals surface area contributed by atoms with Crippen LogP contribution in [0.1, 0.15) is 15.9 Å². The highest BCUT2D eigenvalue weighted by Crippen LogP contribution is 2.18. The van der Waals surface area contributed by atoms with Crippen LogP contribution in [0.5, 0.6) is 0 Å². The Morgan fingerprint density at radius 3 is 2.48 bits per heavy atom. The van der Waals surface area contributed by atoms with Crippen molar-refractivity contribution < 1.29 is 4.79 Å². The number of anilines is 2. The summed E-state index contributed by atoms with van der Waals surface area (Å²) in [5, 5.41) is 15.0. The zero-order valence-corrected chi connectivity index (χ0v) is 14.4. The van der Waals surface area contributed by atoms with Gasteiger partial charge < -0.3 is 16.4 Å². The van der Waals surface area contributed by atoms with E-state index in [1.165, 1.54) is 6.20 Å². The molecule has 0 aliphatic heterocycles. The third-order valence-electron chi connectivity index (χ3n) is 3.73. The molecule has 1 amide bonds. The monoisotopic (exact) mass is 359 g/mol. The number of rotatable bonds is 7. The number of carbonyl (C=O) groups excluding carboxylic acids is 1. The molecule has 0 saturated heterocycles. The topological polar surface area (TPSA) is 130 Å². The number of amides is 1. The largest absolute Gasteiger partial charge is 0.368 e. The molecule has 27 heavy (non-hydrogen) atoms. The molecule has 2 aromatic heterocycles. The van der Waals surface area contributed by atoms with Crippen LogP contribution in [0.4, 0.5) is 11.8 Å². The van der Waals surface area contributed by atoms with E-state index in [0.29, 0.717) is 36.0 Å². The van der Waals surface area contributed by atoms with E-state index in [-0.39, 0.29) is 0 Å². The number of nitriles is 1. The molecular weight excluding hydrogens is 342 g/mol. The van der Waals surface area contributed by atoms with Gasteiger partial charge in [0.25, 0.3) is 0 Å². The molecule has 0 saturated carbocycles. The number of hydrogen-bond acceptors (Lipinski definition) is 7. The fraction of sp³-hybridized carbons (Fsp3) is 0.105. The van der Waals surface area contributed by atoms with Crippen LogP contribution in [0.15, 0.2) is 54.9 Å².